The average molecular weight is 480 g/mol. The number of piperazine rings is 1. The van der Waals surface area contributed by atoms with Crippen LogP contribution in [0.4, 0.5) is 13.2 Å². The molecule has 0 spiro atoms. The Hall–Kier alpha value is -3.85. The first kappa shape index (κ1) is 22.9. The highest BCUT2D eigenvalue weighted by atomic mass is 19.4. The number of hydrogen-bond acceptors (Lipinski definition) is 4. The summed E-state index contributed by atoms with van der Waals surface area (Å²) in [5.74, 6) is 0.495. The normalized spacial score (nSPS) is 14.9. The summed E-state index contributed by atoms with van der Waals surface area (Å²) >= 11 is 0. The number of alkyl halides is 3. The second-order valence-corrected chi connectivity index (χ2v) is 8.44. The van der Waals surface area contributed by atoms with Gasteiger partial charge < -0.3 is 14.6 Å². The number of H-pyrrole nitrogens is 1. The van der Waals surface area contributed by atoms with Crippen molar-refractivity contribution >= 4 is 16.9 Å². The number of aromatic amines is 1. The van der Waals surface area contributed by atoms with Gasteiger partial charge >= 0.3 is 6.36 Å². The number of amides is 1. The SMILES string of the molecule is O=C(c1ccc2nc(-c3ccccc3)[nH]c2c1)N1CCN(Cc2ccc(OC(F)(F)F)cc2)CC1. The molecule has 1 fully saturated rings. The summed E-state index contributed by atoms with van der Waals surface area (Å²) in [6, 6.07) is 21.2. The molecular formula is C26H23F3N4O2. The van der Waals surface area contributed by atoms with Crippen LogP contribution in [0.15, 0.2) is 72.8 Å². The largest absolute Gasteiger partial charge is 0.573 e. The van der Waals surface area contributed by atoms with Crippen LogP contribution in [0.25, 0.3) is 22.4 Å². The van der Waals surface area contributed by atoms with Crippen molar-refractivity contribution in [2.45, 2.75) is 12.9 Å². The first-order valence-electron chi connectivity index (χ1n) is 11.3. The number of imidazole rings is 1. The summed E-state index contributed by atoms with van der Waals surface area (Å²) < 4.78 is 40.9. The van der Waals surface area contributed by atoms with Crippen molar-refractivity contribution in [3.63, 3.8) is 0 Å². The topological polar surface area (TPSA) is 61.5 Å². The molecule has 5 rings (SSSR count). The molecule has 4 aromatic rings. The molecule has 1 saturated heterocycles. The molecule has 35 heavy (non-hydrogen) atoms. The van der Waals surface area contributed by atoms with Crippen LogP contribution >= 0.6 is 0 Å². The summed E-state index contributed by atoms with van der Waals surface area (Å²) in [6.07, 6.45) is -4.70. The van der Waals surface area contributed by atoms with E-state index < -0.39 is 6.36 Å². The van der Waals surface area contributed by atoms with E-state index in [0.29, 0.717) is 38.3 Å². The van der Waals surface area contributed by atoms with Crippen LogP contribution < -0.4 is 4.74 Å². The van der Waals surface area contributed by atoms with E-state index >= 15 is 0 Å². The molecule has 3 aromatic carbocycles. The average Bonchev–Trinajstić information content (AvgIpc) is 3.29. The Morgan fingerprint density at radius 3 is 2.34 bits per heavy atom. The van der Waals surface area contributed by atoms with Gasteiger partial charge in [-0.2, -0.15) is 0 Å². The Morgan fingerprint density at radius 1 is 0.943 bits per heavy atom. The van der Waals surface area contributed by atoms with Crippen LogP contribution in [0.1, 0.15) is 15.9 Å². The second kappa shape index (κ2) is 9.42. The third kappa shape index (κ3) is 5.46. The minimum absolute atomic E-state index is 0.0314. The summed E-state index contributed by atoms with van der Waals surface area (Å²) in [6.45, 7) is 3.10. The van der Waals surface area contributed by atoms with E-state index in [9.17, 15) is 18.0 Å². The maximum absolute atomic E-state index is 13.1. The number of hydrogen-bond donors (Lipinski definition) is 1. The van der Waals surface area contributed by atoms with Crippen molar-refractivity contribution in [1.29, 1.82) is 0 Å². The third-order valence-corrected chi connectivity index (χ3v) is 6.00. The van der Waals surface area contributed by atoms with Gasteiger partial charge in [0.25, 0.3) is 5.91 Å². The van der Waals surface area contributed by atoms with Crippen molar-refractivity contribution in [1.82, 2.24) is 19.8 Å². The minimum atomic E-state index is -4.70. The maximum atomic E-state index is 13.1. The number of aromatic nitrogens is 2. The number of ether oxygens (including phenoxy) is 1. The number of carbonyl (C=O) groups excluding carboxylic acids is 1. The lowest BCUT2D eigenvalue weighted by atomic mass is 10.1. The van der Waals surface area contributed by atoms with Crippen LogP contribution in [-0.4, -0.2) is 58.2 Å². The highest BCUT2D eigenvalue weighted by molar-refractivity contribution is 5.97. The monoisotopic (exact) mass is 480 g/mol. The molecule has 1 aromatic heterocycles. The fraction of sp³-hybridized carbons (Fsp3) is 0.231. The van der Waals surface area contributed by atoms with Crippen molar-refractivity contribution < 1.29 is 22.7 Å². The van der Waals surface area contributed by atoms with E-state index in [1.165, 1.54) is 12.1 Å². The molecule has 1 N–H and O–H groups in total. The zero-order valence-electron chi connectivity index (χ0n) is 18.8. The molecule has 0 saturated carbocycles. The van der Waals surface area contributed by atoms with Crippen LogP contribution in [-0.2, 0) is 6.54 Å². The molecule has 0 atom stereocenters. The van der Waals surface area contributed by atoms with Crippen LogP contribution in [0.2, 0.25) is 0 Å². The van der Waals surface area contributed by atoms with Gasteiger partial charge in [0.1, 0.15) is 11.6 Å². The molecule has 0 unspecified atom stereocenters. The van der Waals surface area contributed by atoms with Gasteiger partial charge in [-0.1, -0.05) is 42.5 Å². The molecule has 180 valence electrons. The lowest BCUT2D eigenvalue weighted by molar-refractivity contribution is -0.274. The van der Waals surface area contributed by atoms with Gasteiger partial charge in [-0.15, -0.1) is 13.2 Å². The quantitative estimate of drug-likeness (QED) is 0.433. The Labute approximate surface area is 199 Å². The summed E-state index contributed by atoms with van der Waals surface area (Å²) in [5.41, 5.74) is 4.09. The van der Waals surface area contributed by atoms with Gasteiger partial charge in [-0.3, -0.25) is 9.69 Å². The highest BCUT2D eigenvalue weighted by Gasteiger charge is 2.31. The van der Waals surface area contributed by atoms with E-state index in [2.05, 4.69) is 19.6 Å². The number of halogens is 3. The molecule has 9 heteroatoms. The first-order valence-corrected chi connectivity index (χ1v) is 11.3. The molecule has 2 heterocycles. The minimum Gasteiger partial charge on any atom is -0.406 e. The van der Waals surface area contributed by atoms with Gasteiger partial charge in [-0.25, -0.2) is 4.98 Å². The summed E-state index contributed by atoms with van der Waals surface area (Å²) in [7, 11) is 0. The Morgan fingerprint density at radius 2 is 1.66 bits per heavy atom. The molecule has 6 nitrogen and oxygen atoms in total. The van der Waals surface area contributed by atoms with Crippen molar-refractivity contribution in [3.05, 3.63) is 83.9 Å². The van der Waals surface area contributed by atoms with E-state index in [-0.39, 0.29) is 11.7 Å². The van der Waals surface area contributed by atoms with Gasteiger partial charge in [-0.05, 0) is 35.9 Å². The summed E-state index contributed by atoms with van der Waals surface area (Å²) in [4.78, 5) is 25.0. The second-order valence-electron chi connectivity index (χ2n) is 8.44. The number of carbonyl (C=O) groups is 1. The van der Waals surface area contributed by atoms with E-state index in [0.717, 1.165) is 28.0 Å². The third-order valence-electron chi connectivity index (χ3n) is 6.00. The molecule has 0 radical (unpaired) electrons. The Bertz CT molecular complexity index is 1310. The molecule has 0 bridgehead atoms. The van der Waals surface area contributed by atoms with Crippen molar-refractivity contribution in [3.8, 4) is 17.1 Å². The van der Waals surface area contributed by atoms with Crippen LogP contribution in [0.5, 0.6) is 5.75 Å². The number of rotatable bonds is 5. The lowest BCUT2D eigenvalue weighted by Gasteiger charge is -2.34. The van der Waals surface area contributed by atoms with E-state index in [1.54, 1.807) is 18.2 Å². The zero-order chi connectivity index (χ0) is 24.4. The standard InChI is InChI=1S/C26H23F3N4O2/c27-26(28,29)35-21-9-6-18(7-10-21)17-32-12-14-33(15-13-32)25(34)20-8-11-22-23(16-20)31-24(30-22)19-4-2-1-3-5-19/h1-11,16H,12-15,17H2,(H,30,31). The van der Waals surface area contributed by atoms with E-state index in [1.807, 2.05) is 47.4 Å². The van der Waals surface area contributed by atoms with Gasteiger partial charge in [0.2, 0.25) is 0 Å². The van der Waals surface area contributed by atoms with E-state index in [4.69, 9.17) is 0 Å². The Kier molecular flexibility index (Phi) is 6.17. The van der Waals surface area contributed by atoms with Gasteiger partial charge in [0, 0.05) is 43.9 Å². The van der Waals surface area contributed by atoms with Crippen molar-refractivity contribution in [2.24, 2.45) is 0 Å². The maximum Gasteiger partial charge on any atom is 0.573 e. The predicted molar refractivity (Wildman–Crippen MR) is 126 cm³/mol. The van der Waals surface area contributed by atoms with Gasteiger partial charge in [0.05, 0.1) is 11.0 Å². The highest BCUT2D eigenvalue weighted by Crippen LogP contribution is 2.24. The molecule has 1 aliphatic heterocycles. The molecular weight excluding hydrogens is 457 g/mol. The molecule has 0 aliphatic carbocycles. The van der Waals surface area contributed by atoms with Gasteiger partial charge in [0.15, 0.2) is 0 Å². The Balaban J connectivity index is 1.19. The lowest BCUT2D eigenvalue weighted by Crippen LogP contribution is -2.48. The predicted octanol–water partition coefficient (Wildman–Crippen LogP) is 5.09. The molecule has 1 aliphatic rings. The zero-order valence-corrected chi connectivity index (χ0v) is 18.8. The number of benzene rings is 3. The van der Waals surface area contributed by atoms with Crippen LogP contribution in [0.3, 0.4) is 0 Å². The number of fused-ring (bicyclic) bond motifs is 1. The number of nitrogens with one attached hydrogen (secondary N) is 1. The summed E-state index contributed by atoms with van der Waals surface area (Å²) in [5, 5.41) is 0. The first-order chi connectivity index (χ1) is 16.8. The van der Waals surface area contributed by atoms with Crippen molar-refractivity contribution in [2.75, 3.05) is 26.2 Å². The fourth-order valence-electron chi connectivity index (χ4n) is 4.22. The smallest absolute Gasteiger partial charge is 0.406 e. The van der Waals surface area contributed by atoms with Crippen LogP contribution in [0, 0.1) is 0 Å². The number of nitrogens with zero attached hydrogens (tertiary/aromatic N) is 3. The molecule has 1 amide bonds. The fourth-order valence-corrected chi connectivity index (χ4v) is 4.22.